The van der Waals surface area contributed by atoms with Gasteiger partial charge in [0.1, 0.15) is 6.61 Å². The summed E-state index contributed by atoms with van der Waals surface area (Å²) < 4.78 is 17.9. The van der Waals surface area contributed by atoms with Gasteiger partial charge in [-0.1, -0.05) is 66.7 Å². The number of pyridine rings is 1. The van der Waals surface area contributed by atoms with E-state index in [4.69, 9.17) is 14.0 Å². The molecule has 0 bridgehead atoms. The van der Waals surface area contributed by atoms with Crippen LogP contribution in [0.4, 0.5) is 4.79 Å². The Hall–Kier alpha value is -3.42. The van der Waals surface area contributed by atoms with Crippen LogP contribution in [0, 0.1) is 0 Å². The van der Waals surface area contributed by atoms with E-state index < -0.39 is 24.4 Å². The number of rotatable bonds is 7. The highest BCUT2D eigenvalue weighted by Gasteiger charge is 2.52. The molecule has 1 aliphatic heterocycles. The Morgan fingerprint density at radius 1 is 0.943 bits per heavy atom. The van der Waals surface area contributed by atoms with E-state index in [0.717, 1.165) is 27.9 Å². The second-order valence-electron chi connectivity index (χ2n) is 9.56. The number of nitrogens with one attached hydrogen (secondary N) is 1. The average Bonchev–Trinajstić information content (AvgIpc) is 3.08. The molecule has 6 nitrogen and oxygen atoms in total. The van der Waals surface area contributed by atoms with E-state index in [1.165, 1.54) is 0 Å². The summed E-state index contributed by atoms with van der Waals surface area (Å²) in [5.74, 6) is 0. The standard InChI is InChI=1S/C28H31BN2O4/c1-27(2)28(3,4)35-29(34-27)24(19-31-26(32)33-20-22-10-6-5-7-11-22)18-21-13-15-23(16-14-21)25-12-8-9-17-30-25/h5-18H,19-20H2,1-4H3,(H,31,32). The van der Waals surface area contributed by atoms with E-state index in [-0.39, 0.29) is 13.2 Å². The van der Waals surface area contributed by atoms with Gasteiger partial charge in [-0.05, 0) is 56.4 Å². The molecule has 0 saturated carbocycles. The van der Waals surface area contributed by atoms with Gasteiger partial charge in [-0.3, -0.25) is 4.98 Å². The molecule has 180 valence electrons. The Balaban J connectivity index is 1.49. The van der Waals surface area contributed by atoms with E-state index in [2.05, 4.69) is 10.3 Å². The summed E-state index contributed by atoms with van der Waals surface area (Å²) in [5.41, 5.74) is 3.65. The van der Waals surface area contributed by atoms with Crippen molar-refractivity contribution in [3.05, 3.63) is 95.6 Å². The van der Waals surface area contributed by atoms with Gasteiger partial charge in [-0.15, -0.1) is 0 Å². The monoisotopic (exact) mass is 470 g/mol. The lowest BCUT2D eigenvalue weighted by atomic mass is 9.77. The number of aromatic nitrogens is 1. The number of benzene rings is 2. The van der Waals surface area contributed by atoms with Crippen molar-refractivity contribution >= 4 is 19.3 Å². The highest BCUT2D eigenvalue weighted by Crippen LogP contribution is 2.38. The van der Waals surface area contributed by atoms with Gasteiger partial charge in [0, 0.05) is 18.3 Å². The molecule has 2 heterocycles. The summed E-state index contributed by atoms with van der Waals surface area (Å²) >= 11 is 0. The largest absolute Gasteiger partial charge is 0.492 e. The number of nitrogens with zero attached hydrogens (tertiary/aromatic N) is 1. The molecule has 1 N–H and O–H groups in total. The molecule has 2 aromatic carbocycles. The molecule has 1 amide bonds. The lowest BCUT2D eigenvalue weighted by molar-refractivity contribution is 0.00578. The van der Waals surface area contributed by atoms with Crippen molar-refractivity contribution in [3.8, 4) is 11.3 Å². The van der Waals surface area contributed by atoms with Crippen LogP contribution in [0.3, 0.4) is 0 Å². The summed E-state index contributed by atoms with van der Waals surface area (Å²) in [6.07, 6.45) is 3.27. The third-order valence-electron chi connectivity index (χ3n) is 6.43. The first-order valence-electron chi connectivity index (χ1n) is 11.8. The van der Waals surface area contributed by atoms with Crippen LogP contribution >= 0.6 is 0 Å². The van der Waals surface area contributed by atoms with Crippen LogP contribution in [0.5, 0.6) is 0 Å². The van der Waals surface area contributed by atoms with Gasteiger partial charge < -0.3 is 19.4 Å². The number of ether oxygens (including phenoxy) is 1. The molecule has 1 aromatic heterocycles. The zero-order valence-corrected chi connectivity index (χ0v) is 20.7. The van der Waals surface area contributed by atoms with Gasteiger partial charge in [0.15, 0.2) is 0 Å². The maximum atomic E-state index is 12.4. The Bertz CT molecular complexity index is 1150. The van der Waals surface area contributed by atoms with Gasteiger partial charge in [0.2, 0.25) is 0 Å². The van der Waals surface area contributed by atoms with Gasteiger partial charge in [-0.2, -0.15) is 0 Å². The third kappa shape index (κ3) is 6.18. The first-order valence-corrected chi connectivity index (χ1v) is 11.8. The third-order valence-corrected chi connectivity index (χ3v) is 6.43. The molecule has 1 fully saturated rings. The maximum absolute atomic E-state index is 12.4. The Morgan fingerprint density at radius 3 is 2.23 bits per heavy atom. The molecule has 7 heteroatoms. The Kier molecular flexibility index (Phi) is 7.38. The van der Waals surface area contributed by atoms with Crippen LogP contribution in [0.15, 0.2) is 84.5 Å². The lowest BCUT2D eigenvalue weighted by Crippen LogP contribution is -2.41. The highest BCUT2D eigenvalue weighted by atomic mass is 16.7. The molecule has 0 unspecified atom stereocenters. The summed E-state index contributed by atoms with van der Waals surface area (Å²) in [5, 5.41) is 2.84. The topological polar surface area (TPSA) is 69.7 Å². The van der Waals surface area contributed by atoms with Crippen molar-refractivity contribution in [2.45, 2.75) is 45.5 Å². The summed E-state index contributed by atoms with van der Waals surface area (Å²) in [7, 11) is -0.593. The SMILES string of the molecule is CC1(C)OB(C(=Cc2ccc(-c3ccccn3)cc2)CNC(=O)OCc2ccccc2)OC1(C)C. The normalized spacial score (nSPS) is 16.7. The molecule has 4 rings (SSSR count). The molecule has 1 aliphatic rings. The predicted octanol–water partition coefficient (Wildman–Crippen LogP) is 5.69. The fraction of sp³-hybridized carbons (Fsp3) is 0.286. The van der Waals surface area contributed by atoms with Gasteiger partial charge in [0.05, 0.1) is 16.9 Å². The van der Waals surface area contributed by atoms with Crippen molar-refractivity contribution in [2.24, 2.45) is 0 Å². The van der Waals surface area contributed by atoms with Crippen LogP contribution < -0.4 is 5.32 Å². The second kappa shape index (κ2) is 10.5. The minimum Gasteiger partial charge on any atom is -0.445 e. The number of carbonyl (C=O) groups excluding carboxylic acids is 1. The van der Waals surface area contributed by atoms with Crippen LogP contribution in [-0.4, -0.2) is 35.9 Å². The summed E-state index contributed by atoms with van der Waals surface area (Å²) in [4.78, 5) is 16.8. The molecule has 0 aliphatic carbocycles. The van der Waals surface area contributed by atoms with Crippen molar-refractivity contribution in [1.29, 1.82) is 0 Å². The van der Waals surface area contributed by atoms with E-state index in [1.54, 1.807) is 6.20 Å². The average molecular weight is 470 g/mol. The number of carbonyl (C=O) groups is 1. The fourth-order valence-corrected chi connectivity index (χ4v) is 3.64. The van der Waals surface area contributed by atoms with E-state index in [1.807, 2.05) is 107 Å². The quantitative estimate of drug-likeness (QED) is 0.450. The fourth-order valence-electron chi connectivity index (χ4n) is 3.64. The predicted molar refractivity (Wildman–Crippen MR) is 138 cm³/mol. The van der Waals surface area contributed by atoms with Crippen molar-refractivity contribution in [1.82, 2.24) is 10.3 Å². The lowest BCUT2D eigenvalue weighted by Gasteiger charge is -2.32. The first-order chi connectivity index (χ1) is 16.7. The van der Waals surface area contributed by atoms with Crippen molar-refractivity contribution in [3.63, 3.8) is 0 Å². The van der Waals surface area contributed by atoms with E-state index in [9.17, 15) is 4.79 Å². The molecule has 35 heavy (non-hydrogen) atoms. The molecule has 0 atom stereocenters. The number of hydrogen-bond acceptors (Lipinski definition) is 5. The molecular weight excluding hydrogens is 439 g/mol. The maximum Gasteiger partial charge on any atom is 0.492 e. The zero-order chi connectivity index (χ0) is 24.9. The van der Waals surface area contributed by atoms with Crippen molar-refractivity contribution in [2.75, 3.05) is 6.54 Å². The summed E-state index contributed by atoms with van der Waals surface area (Å²) in [6, 6.07) is 23.5. The Morgan fingerprint density at radius 2 is 1.60 bits per heavy atom. The minimum atomic E-state index is -0.593. The van der Waals surface area contributed by atoms with Crippen LogP contribution in [0.1, 0.15) is 38.8 Å². The number of hydrogen-bond donors (Lipinski definition) is 1. The van der Waals surface area contributed by atoms with Crippen LogP contribution in [0.2, 0.25) is 0 Å². The van der Waals surface area contributed by atoms with Crippen molar-refractivity contribution < 1.29 is 18.8 Å². The molecular formula is C28H31BN2O4. The molecule has 3 aromatic rings. The van der Waals surface area contributed by atoms with Gasteiger partial charge >= 0.3 is 13.2 Å². The smallest absolute Gasteiger partial charge is 0.445 e. The van der Waals surface area contributed by atoms with Crippen LogP contribution in [0.25, 0.3) is 17.3 Å². The number of amides is 1. The highest BCUT2D eigenvalue weighted by molar-refractivity contribution is 6.56. The molecule has 1 saturated heterocycles. The van der Waals surface area contributed by atoms with Gasteiger partial charge in [-0.25, -0.2) is 4.79 Å². The zero-order valence-electron chi connectivity index (χ0n) is 20.7. The first kappa shape index (κ1) is 24.7. The second-order valence-corrected chi connectivity index (χ2v) is 9.56. The van der Waals surface area contributed by atoms with E-state index >= 15 is 0 Å². The Labute approximate surface area is 207 Å². The minimum absolute atomic E-state index is 0.206. The van der Waals surface area contributed by atoms with Crippen LogP contribution in [-0.2, 0) is 20.7 Å². The summed E-state index contributed by atoms with van der Waals surface area (Å²) in [6.45, 7) is 8.47. The molecule has 0 radical (unpaired) electrons. The van der Waals surface area contributed by atoms with Gasteiger partial charge in [0.25, 0.3) is 0 Å². The van der Waals surface area contributed by atoms with E-state index in [0.29, 0.717) is 0 Å². The molecule has 0 spiro atoms. The number of alkyl carbamates (subject to hydrolysis) is 1.